The van der Waals surface area contributed by atoms with Gasteiger partial charge in [-0.25, -0.2) is 8.42 Å². The number of halogens is 1. The third-order valence-corrected chi connectivity index (χ3v) is 7.22. The van der Waals surface area contributed by atoms with Gasteiger partial charge in [0.2, 0.25) is 5.91 Å². The van der Waals surface area contributed by atoms with Crippen molar-refractivity contribution in [2.24, 2.45) is 0 Å². The summed E-state index contributed by atoms with van der Waals surface area (Å²) in [5.74, 6) is -1.21. The molecule has 7 heteroatoms. The molecule has 32 heavy (non-hydrogen) atoms. The van der Waals surface area contributed by atoms with Crippen LogP contribution in [-0.2, 0) is 21.2 Å². The Labute approximate surface area is 192 Å². The highest BCUT2D eigenvalue weighted by molar-refractivity contribution is 7.92. The first kappa shape index (κ1) is 22.1. The zero-order valence-electron chi connectivity index (χ0n) is 17.8. The molecule has 1 aromatic heterocycles. The fourth-order valence-corrected chi connectivity index (χ4v) is 5.46. The van der Waals surface area contributed by atoms with Gasteiger partial charge >= 0.3 is 0 Å². The fourth-order valence-electron chi connectivity index (χ4n) is 3.90. The molecule has 164 valence electrons. The summed E-state index contributed by atoms with van der Waals surface area (Å²) >= 11 is 6.31. The molecule has 0 atom stereocenters. The summed E-state index contributed by atoms with van der Waals surface area (Å²) in [6.07, 6.45) is 1.59. The van der Waals surface area contributed by atoms with Gasteiger partial charge in [0.05, 0.1) is 4.90 Å². The van der Waals surface area contributed by atoms with E-state index in [1.165, 1.54) is 0 Å². The Morgan fingerprint density at radius 1 is 0.969 bits per heavy atom. The van der Waals surface area contributed by atoms with E-state index in [2.05, 4.69) is 5.32 Å². The predicted molar refractivity (Wildman–Crippen MR) is 129 cm³/mol. The van der Waals surface area contributed by atoms with E-state index in [9.17, 15) is 13.2 Å². The first-order valence-corrected chi connectivity index (χ1v) is 12.2. The Hall–Kier alpha value is -3.09. The summed E-state index contributed by atoms with van der Waals surface area (Å²) < 4.78 is 28.3. The van der Waals surface area contributed by atoms with Crippen molar-refractivity contribution < 1.29 is 13.2 Å². The lowest BCUT2D eigenvalue weighted by atomic mass is 10.1. The van der Waals surface area contributed by atoms with Crippen LogP contribution in [0.4, 0.5) is 5.69 Å². The molecule has 1 N–H and O–H groups in total. The summed E-state index contributed by atoms with van der Waals surface area (Å²) in [5.41, 5.74) is 4.22. The lowest BCUT2D eigenvalue weighted by molar-refractivity contribution is -0.113. The molecule has 0 radical (unpaired) electrons. The average Bonchev–Trinajstić information content (AvgIpc) is 3.08. The third kappa shape index (κ3) is 4.71. The summed E-state index contributed by atoms with van der Waals surface area (Å²) in [7, 11) is -3.87. The van der Waals surface area contributed by atoms with E-state index in [1.807, 2.05) is 66.9 Å². The summed E-state index contributed by atoms with van der Waals surface area (Å²) in [6.45, 7) is 4.27. The van der Waals surface area contributed by atoms with Crippen LogP contribution in [-0.4, -0.2) is 24.6 Å². The topological polar surface area (TPSA) is 68.2 Å². The first-order chi connectivity index (χ1) is 15.2. The number of nitrogens with one attached hydrogen (secondary N) is 1. The lowest BCUT2D eigenvalue weighted by Crippen LogP contribution is -2.23. The monoisotopic (exact) mass is 466 g/mol. The Kier molecular flexibility index (Phi) is 6.09. The van der Waals surface area contributed by atoms with Crippen molar-refractivity contribution >= 4 is 43.9 Å². The zero-order chi connectivity index (χ0) is 22.9. The molecule has 0 spiro atoms. The maximum Gasteiger partial charge on any atom is 0.239 e. The number of rotatable bonds is 6. The third-order valence-electron chi connectivity index (χ3n) is 5.21. The molecule has 5 nitrogen and oxygen atoms in total. The predicted octanol–water partition coefficient (Wildman–Crippen LogP) is 5.37. The van der Waals surface area contributed by atoms with Gasteiger partial charge < -0.3 is 9.88 Å². The number of aryl methyl sites for hydroxylation is 2. The molecule has 4 rings (SSSR count). The number of nitrogens with zero attached hydrogens (tertiary/aromatic N) is 1. The van der Waals surface area contributed by atoms with Crippen LogP contribution < -0.4 is 5.32 Å². The number of sulfone groups is 1. The second kappa shape index (κ2) is 8.81. The van der Waals surface area contributed by atoms with Crippen molar-refractivity contribution in [2.45, 2.75) is 25.3 Å². The van der Waals surface area contributed by atoms with Crippen LogP contribution in [0.25, 0.3) is 10.9 Å². The Morgan fingerprint density at radius 3 is 2.34 bits per heavy atom. The number of fused-ring (bicyclic) bond motifs is 1. The number of hydrogen-bond acceptors (Lipinski definition) is 3. The summed E-state index contributed by atoms with van der Waals surface area (Å²) in [5, 5.41) is 3.90. The van der Waals surface area contributed by atoms with Gasteiger partial charge in [-0.2, -0.15) is 0 Å². The van der Waals surface area contributed by atoms with E-state index >= 15 is 0 Å². The van der Waals surface area contributed by atoms with E-state index in [-0.39, 0.29) is 4.90 Å². The highest BCUT2D eigenvalue weighted by Crippen LogP contribution is 2.28. The molecule has 0 aliphatic rings. The van der Waals surface area contributed by atoms with Crippen LogP contribution >= 0.6 is 11.6 Å². The Morgan fingerprint density at radius 2 is 1.62 bits per heavy atom. The average molecular weight is 467 g/mol. The lowest BCUT2D eigenvalue weighted by Gasteiger charge is -2.08. The summed E-state index contributed by atoms with van der Waals surface area (Å²) in [6, 6.07) is 20.3. The van der Waals surface area contributed by atoms with Gasteiger partial charge in [-0.05, 0) is 54.8 Å². The van der Waals surface area contributed by atoms with Crippen molar-refractivity contribution in [3.63, 3.8) is 0 Å². The van der Waals surface area contributed by atoms with Gasteiger partial charge in [-0.3, -0.25) is 4.79 Å². The van der Waals surface area contributed by atoms with E-state index in [1.54, 1.807) is 24.4 Å². The zero-order valence-corrected chi connectivity index (χ0v) is 19.4. The number of benzene rings is 3. The van der Waals surface area contributed by atoms with Crippen molar-refractivity contribution in [1.82, 2.24) is 4.57 Å². The van der Waals surface area contributed by atoms with Gasteiger partial charge in [0.15, 0.2) is 9.84 Å². The minimum atomic E-state index is -3.87. The smallest absolute Gasteiger partial charge is 0.239 e. The minimum absolute atomic E-state index is 0.135. The maximum atomic E-state index is 13.2. The van der Waals surface area contributed by atoms with E-state index in [0.717, 1.165) is 22.2 Å². The van der Waals surface area contributed by atoms with Gasteiger partial charge in [0.25, 0.3) is 0 Å². The molecule has 3 aromatic carbocycles. The van der Waals surface area contributed by atoms with Crippen molar-refractivity contribution in [3.05, 3.63) is 94.6 Å². The van der Waals surface area contributed by atoms with Crippen LogP contribution in [0.2, 0.25) is 5.02 Å². The number of aromatic nitrogens is 1. The molecule has 0 fully saturated rings. The van der Waals surface area contributed by atoms with Crippen LogP contribution in [0.1, 0.15) is 16.7 Å². The normalized spacial score (nSPS) is 11.6. The molecule has 0 saturated carbocycles. The number of carbonyl (C=O) groups excluding carboxylic acids is 1. The van der Waals surface area contributed by atoms with Crippen LogP contribution in [0.15, 0.2) is 77.8 Å². The van der Waals surface area contributed by atoms with E-state index < -0.39 is 21.5 Å². The van der Waals surface area contributed by atoms with Crippen molar-refractivity contribution in [2.75, 3.05) is 11.1 Å². The first-order valence-electron chi connectivity index (χ1n) is 10.1. The second-order valence-corrected chi connectivity index (χ2v) is 10.3. The highest BCUT2D eigenvalue weighted by atomic mass is 35.5. The number of amides is 1. The Balaban J connectivity index is 1.64. The molecule has 0 bridgehead atoms. The molecule has 4 aromatic rings. The largest absolute Gasteiger partial charge is 0.342 e. The maximum absolute atomic E-state index is 13.2. The van der Waals surface area contributed by atoms with Gasteiger partial charge in [-0.1, -0.05) is 54.1 Å². The molecule has 0 aliphatic carbocycles. The Bertz CT molecular complexity index is 1400. The molecule has 0 unspecified atom stereocenters. The standard InChI is InChI=1S/C25H23ClN2O3S/c1-17-11-18(2)13-20(12-17)27-25(29)16-32(30,31)24-15-28(23-10-6-4-8-21(23)24)14-19-7-3-5-9-22(19)26/h3-13,15H,14,16H2,1-2H3,(H,27,29). The molecule has 0 aliphatic heterocycles. The van der Waals surface area contributed by atoms with Gasteiger partial charge in [0, 0.05) is 34.4 Å². The van der Waals surface area contributed by atoms with Crippen molar-refractivity contribution in [3.8, 4) is 0 Å². The van der Waals surface area contributed by atoms with Crippen molar-refractivity contribution in [1.29, 1.82) is 0 Å². The van der Waals surface area contributed by atoms with E-state index in [0.29, 0.717) is 22.6 Å². The number of hydrogen-bond donors (Lipinski definition) is 1. The van der Waals surface area contributed by atoms with Gasteiger partial charge in [0.1, 0.15) is 5.75 Å². The second-order valence-electron chi connectivity index (χ2n) is 7.91. The summed E-state index contributed by atoms with van der Waals surface area (Å²) in [4.78, 5) is 12.7. The quantitative estimate of drug-likeness (QED) is 0.415. The minimum Gasteiger partial charge on any atom is -0.342 e. The molecule has 1 heterocycles. The van der Waals surface area contributed by atoms with E-state index in [4.69, 9.17) is 11.6 Å². The fraction of sp³-hybridized carbons (Fsp3) is 0.160. The number of carbonyl (C=O) groups is 1. The van der Waals surface area contributed by atoms with Crippen LogP contribution in [0, 0.1) is 13.8 Å². The SMILES string of the molecule is Cc1cc(C)cc(NC(=O)CS(=O)(=O)c2cn(Cc3ccccc3Cl)c3ccccc23)c1. The molecule has 1 amide bonds. The molecular formula is C25H23ClN2O3S. The number of para-hydroxylation sites is 1. The highest BCUT2D eigenvalue weighted by Gasteiger charge is 2.24. The molecule has 0 saturated heterocycles. The van der Waals surface area contributed by atoms with Crippen LogP contribution in [0.3, 0.4) is 0 Å². The molecular weight excluding hydrogens is 444 g/mol. The number of anilines is 1. The van der Waals surface area contributed by atoms with Gasteiger partial charge in [-0.15, -0.1) is 0 Å². The van der Waals surface area contributed by atoms with Crippen LogP contribution in [0.5, 0.6) is 0 Å².